The number of rotatable bonds is 3. The molecule has 130 valence electrons. The van der Waals surface area contributed by atoms with Crippen molar-refractivity contribution < 1.29 is 4.74 Å². The van der Waals surface area contributed by atoms with Gasteiger partial charge in [-0.25, -0.2) is 4.98 Å². The number of morpholine rings is 1. The van der Waals surface area contributed by atoms with Crippen LogP contribution in [-0.4, -0.2) is 40.2 Å². The van der Waals surface area contributed by atoms with Crippen LogP contribution in [0.1, 0.15) is 17.7 Å². The largest absolute Gasteiger partial charge is 0.378 e. The highest BCUT2D eigenvalue weighted by molar-refractivity contribution is 5.76. The maximum Gasteiger partial charge on any atom is 0.0894 e. The third kappa shape index (κ3) is 2.91. The number of nitrogens with zero attached hydrogens (tertiary/aromatic N) is 3. The van der Waals surface area contributed by atoms with E-state index in [-0.39, 0.29) is 0 Å². The van der Waals surface area contributed by atoms with E-state index in [1.165, 1.54) is 11.1 Å². The smallest absolute Gasteiger partial charge is 0.0894 e. The lowest BCUT2D eigenvalue weighted by Gasteiger charge is -2.44. The summed E-state index contributed by atoms with van der Waals surface area (Å²) < 4.78 is 5.84. The molecule has 2 bridgehead atoms. The van der Waals surface area contributed by atoms with Crippen molar-refractivity contribution >= 4 is 16.6 Å². The number of hydrogen-bond donors (Lipinski definition) is 0. The van der Waals surface area contributed by atoms with E-state index in [1.54, 1.807) is 0 Å². The van der Waals surface area contributed by atoms with E-state index < -0.39 is 0 Å². The Morgan fingerprint density at radius 1 is 0.962 bits per heavy atom. The monoisotopic (exact) mass is 343 g/mol. The second kappa shape index (κ2) is 6.63. The molecule has 1 saturated heterocycles. The fraction of sp³-hybridized carbons (Fsp3) is 0.273. The Kier molecular flexibility index (Phi) is 4.00. The summed E-state index contributed by atoms with van der Waals surface area (Å²) in [7, 11) is 0. The van der Waals surface area contributed by atoms with Gasteiger partial charge in [-0.1, -0.05) is 48.5 Å². The SMILES string of the molecule is C1=C(c2cnc3ccccc3n2)CC2COCC1N2Cc1ccccc1. The highest BCUT2D eigenvalue weighted by atomic mass is 16.5. The van der Waals surface area contributed by atoms with Crippen molar-refractivity contribution in [3.63, 3.8) is 0 Å². The van der Waals surface area contributed by atoms with Gasteiger partial charge in [0.05, 0.1) is 42.2 Å². The highest BCUT2D eigenvalue weighted by Crippen LogP contribution is 2.33. The lowest BCUT2D eigenvalue weighted by atomic mass is 9.92. The topological polar surface area (TPSA) is 38.3 Å². The van der Waals surface area contributed by atoms with Gasteiger partial charge in [0.2, 0.25) is 0 Å². The summed E-state index contributed by atoms with van der Waals surface area (Å²) in [6.45, 7) is 2.49. The molecule has 5 rings (SSSR count). The summed E-state index contributed by atoms with van der Waals surface area (Å²) >= 11 is 0. The van der Waals surface area contributed by atoms with Crippen LogP contribution in [0.2, 0.25) is 0 Å². The molecule has 1 aromatic heterocycles. The zero-order chi connectivity index (χ0) is 17.3. The molecule has 3 heterocycles. The van der Waals surface area contributed by atoms with Crippen molar-refractivity contribution in [2.45, 2.75) is 25.0 Å². The summed E-state index contributed by atoms with van der Waals surface area (Å²) in [6.07, 6.45) is 5.20. The van der Waals surface area contributed by atoms with Gasteiger partial charge < -0.3 is 4.74 Å². The van der Waals surface area contributed by atoms with Gasteiger partial charge in [-0.3, -0.25) is 9.88 Å². The van der Waals surface area contributed by atoms with Crippen molar-refractivity contribution in [2.24, 2.45) is 0 Å². The van der Waals surface area contributed by atoms with Crippen LogP contribution in [0.5, 0.6) is 0 Å². The van der Waals surface area contributed by atoms with Crippen molar-refractivity contribution in [2.75, 3.05) is 13.2 Å². The minimum absolute atomic E-state index is 0.297. The van der Waals surface area contributed by atoms with Crippen LogP contribution in [-0.2, 0) is 11.3 Å². The molecule has 0 radical (unpaired) electrons. The van der Waals surface area contributed by atoms with Crippen molar-refractivity contribution in [3.05, 3.63) is 78.1 Å². The quantitative estimate of drug-likeness (QED) is 0.727. The van der Waals surface area contributed by atoms with Crippen LogP contribution >= 0.6 is 0 Å². The van der Waals surface area contributed by atoms with E-state index >= 15 is 0 Å². The molecule has 2 unspecified atom stereocenters. The standard InChI is InChI=1S/C22H21N3O/c1-2-6-16(7-3-1)13-25-18-10-17(11-19(25)15-26-14-18)22-12-23-20-8-4-5-9-21(20)24-22/h1-10,12,18-19H,11,13-15H2. The molecule has 2 aromatic carbocycles. The van der Waals surface area contributed by atoms with Crippen LogP contribution in [0.4, 0.5) is 0 Å². The van der Waals surface area contributed by atoms with Gasteiger partial charge in [-0.05, 0) is 29.7 Å². The third-order valence-corrected chi connectivity index (χ3v) is 5.33. The van der Waals surface area contributed by atoms with Gasteiger partial charge in [0.1, 0.15) is 0 Å². The summed E-state index contributed by atoms with van der Waals surface area (Å²) in [5, 5.41) is 0. The minimum atomic E-state index is 0.297. The van der Waals surface area contributed by atoms with Gasteiger partial charge in [0.15, 0.2) is 0 Å². The summed E-state index contributed by atoms with van der Waals surface area (Å²) in [5.41, 5.74) is 5.55. The zero-order valence-corrected chi connectivity index (χ0v) is 14.6. The van der Waals surface area contributed by atoms with Crippen molar-refractivity contribution in [3.8, 4) is 0 Å². The second-order valence-electron chi connectivity index (χ2n) is 7.06. The summed E-state index contributed by atoms with van der Waals surface area (Å²) in [4.78, 5) is 12.0. The summed E-state index contributed by atoms with van der Waals surface area (Å²) in [6, 6.07) is 19.4. The van der Waals surface area contributed by atoms with Crippen molar-refractivity contribution in [1.82, 2.24) is 14.9 Å². The third-order valence-electron chi connectivity index (χ3n) is 5.33. The van der Waals surface area contributed by atoms with Gasteiger partial charge in [-0.15, -0.1) is 0 Å². The van der Waals surface area contributed by atoms with E-state index in [4.69, 9.17) is 9.72 Å². The fourth-order valence-electron chi connectivity index (χ4n) is 4.00. The first kappa shape index (κ1) is 15.7. The average Bonchev–Trinajstić information content (AvgIpc) is 2.68. The molecule has 2 atom stereocenters. The predicted octanol–water partition coefficient (Wildman–Crippen LogP) is 3.69. The molecule has 4 heteroatoms. The van der Waals surface area contributed by atoms with Crippen LogP contribution in [0.25, 0.3) is 16.6 Å². The Morgan fingerprint density at radius 3 is 2.62 bits per heavy atom. The van der Waals surface area contributed by atoms with Gasteiger partial charge in [-0.2, -0.15) is 0 Å². The molecule has 0 amide bonds. The molecule has 2 aliphatic rings. The molecular formula is C22H21N3O. The van der Waals surface area contributed by atoms with Crippen LogP contribution in [0.15, 0.2) is 66.9 Å². The van der Waals surface area contributed by atoms with Crippen LogP contribution in [0, 0.1) is 0 Å². The first-order valence-corrected chi connectivity index (χ1v) is 9.17. The molecule has 0 spiro atoms. The maximum absolute atomic E-state index is 5.84. The average molecular weight is 343 g/mol. The Bertz CT molecular complexity index is 954. The first-order valence-electron chi connectivity index (χ1n) is 9.17. The number of benzene rings is 2. The molecule has 0 saturated carbocycles. The molecule has 0 N–H and O–H groups in total. The molecule has 3 aromatic rings. The first-order chi connectivity index (χ1) is 12.9. The molecule has 4 nitrogen and oxygen atoms in total. The number of ether oxygens (including phenoxy) is 1. The normalized spacial score (nSPS) is 23.0. The second-order valence-corrected chi connectivity index (χ2v) is 7.06. The van der Waals surface area contributed by atoms with E-state index in [9.17, 15) is 0 Å². The molecule has 2 aliphatic heterocycles. The summed E-state index contributed by atoms with van der Waals surface area (Å²) in [5.74, 6) is 0. The van der Waals surface area contributed by atoms with Gasteiger partial charge in [0.25, 0.3) is 0 Å². The van der Waals surface area contributed by atoms with Gasteiger partial charge in [0, 0.05) is 12.6 Å². The predicted molar refractivity (Wildman–Crippen MR) is 103 cm³/mol. The lowest BCUT2D eigenvalue weighted by Crippen LogP contribution is -2.53. The number of para-hydroxylation sites is 2. The Hall–Kier alpha value is -2.56. The zero-order valence-electron chi connectivity index (χ0n) is 14.6. The Morgan fingerprint density at radius 2 is 1.77 bits per heavy atom. The lowest BCUT2D eigenvalue weighted by molar-refractivity contribution is -0.0403. The number of fused-ring (bicyclic) bond motifs is 3. The van der Waals surface area contributed by atoms with Crippen LogP contribution in [0.3, 0.4) is 0 Å². The molecular weight excluding hydrogens is 322 g/mol. The maximum atomic E-state index is 5.84. The van der Waals surface area contributed by atoms with E-state index in [1.807, 2.05) is 30.5 Å². The number of hydrogen-bond acceptors (Lipinski definition) is 4. The fourth-order valence-corrected chi connectivity index (χ4v) is 4.00. The van der Waals surface area contributed by atoms with E-state index in [0.29, 0.717) is 12.1 Å². The Balaban J connectivity index is 1.46. The van der Waals surface area contributed by atoms with Gasteiger partial charge >= 0.3 is 0 Å². The highest BCUT2D eigenvalue weighted by Gasteiger charge is 2.35. The molecule has 26 heavy (non-hydrogen) atoms. The van der Waals surface area contributed by atoms with E-state index in [0.717, 1.165) is 42.9 Å². The van der Waals surface area contributed by atoms with Crippen molar-refractivity contribution in [1.29, 1.82) is 0 Å². The molecule has 1 fully saturated rings. The number of aromatic nitrogens is 2. The van der Waals surface area contributed by atoms with E-state index in [2.05, 4.69) is 46.3 Å². The minimum Gasteiger partial charge on any atom is -0.378 e. The molecule has 0 aliphatic carbocycles. The Labute approximate surface area is 153 Å². The van der Waals surface area contributed by atoms with Crippen LogP contribution < -0.4 is 0 Å².